The van der Waals surface area contributed by atoms with Crippen LogP contribution < -0.4 is 5.32 Å². The van der Waals surface area contributed by atoms with E-state index in [0.29, 0.717) is 11.7 Å². The number of rotatable bonds is 1. The van der Waals surface area contributed by atoms with Crippen LogP contribution in [0.25, 0.3) is 0 Å². The second-order valence-electron chi connectivity index (χ2n) is 2.31. The third-order valence-corrected chi connectivity index (χ3v) is 1.40. The van der Waals surface area contributed by atoms with E-state index in [1.807, 2.05) is 0 Å². The molecule has 12 heavy (non-hydrogen) atoms. The Balaban J connectivity index is 2.25. The van der Waals surface area contributed by atoms with Gasteiger partial charge in [-0.15, -0.1) is 10.2 Å². The SMILES string of the molecule is CC1=NN=C(c2ccnnc2)[N]1. The van der Waals surface area contributed by atoms with Crippen LogP contribution in [0.1, 0.15) is 12.5 Å². The van der Waals surface area contributed by atoms with Crippen molar-refractivity contribution in [2.75, 3.05) is 0 Å². The average molecular weight is 160 g/mol. The third-order valence-electron chi connectivity index (χ3n) is 1.40. The summed E-state index contributed by atoms with van der Waals surface area (Å²) in [6.45, 7) is 1.80. The monoisotopic (exact) mass is 160 g/mol. The molecule has 0 N–H and O–H groups in total. The zero-order chi connectivity index (χ0) is 8.39. The molecule has 1 radical (unpaired) electrons. The molecule has 0 atom stereocenters. The summed E-state index contributed by atoms with van der Waals surface area (Å²) >= 11 is 0. The van der Waals surface area contributed by atoms with Gasteiger partial charge >= 0.3 is 0 Å². The Morgan fingerprint density at radius 3 is 2.67 bits per heavy atom. The summed E-state index contributed by atoms with van der Waals surface area (Å²) in [5.41, 5.74) is 0.839. The van der Waals surface area contributed by atoms with Crippen LogP contribution in [0.2, 0.25) is 0 Å². The molecule has 0 saturated carbocycles. The van der Waals surface area contributed by atoms with E-state index in [2.05, 4.69) is 25.7 Å². The molecule has 0 unspecified atom stereocenters. The van der Waals surface area contributed by atoms with Crippen LogP contribution >= 0.6 is 0 Å². The first-order valence-electron chi connectivity index (χ1n) is 3.47. The van der Waals surface area contributed by atoms with Crippen LogP contribution in [-0.4, -0.2) is 21.9 Å². The number of hydrogen-bond donors (Lipinski definition) is 0. The van der Waals surface area contributed by atoms with Crippen molar-refractivity contribution in [3.63, 3.8) is 0 Å². The smallest absolute Gasteiger partial charge is 0.185 e. The zero-order valence-electron chi connectivity index (χ0n) is 6.47. The van der Waals surface area contributed by atoms with Crippen molar-refractivity contribution in [1.82, 2.24) is 15.5 Å². The van der Waals surface area contributed by atoms with E-state index in [1.165, 1.54) is 0 Å². The standard InChI is InChI=1S/C7H6N5/c1-5-10-7(12-11-5)6-2-3-8-9-4-6/h2-4H,1H3. The van der Waals surface area contributed by atoms with Gasteiger partial charge in [0, 0.05) is 5.56 Å². The largest absolute Gasteiger partial charge is 0.210 e. The number of hydrogen-bond acceptors (Lipinski definition) is 4. The molecule has 0 aliphatic carbocycles. The lowest BCUT2D eigenvalue weighted by atomic mass is 10.3. The van der Waals surface area contributed by atoms with Crippen LogP contribution in [0.5, 0.6) is 0 Å². The van der Waals surface area contributed by atoms with Gasteiger partial charge in [-0.25, -0.2) is 5.32 Å². The summed E-state index contributed by atoms with van der Waals surface area (Å²) in [6.07, 6.45) is 3.21. The van der Waals surface area contributed by atoms with Crippen molar-refractivity contribution in [2.24, 2.45) is 10.2 Å². The van der Waals surface area contributed by atoms with Crippen LogP contribution in [0, 0.1) is 0 Å². The van der Waals surface area contributed by atoms with Crippen LogP contribution in [-0.2, 0) is 0 Å². The molecule has 59 valence electrons. The van der Waals surface area contributed by atoms with Crippen molar-refractivity contribution >= 4 is 11.7 Å². The van der Waals surface area contributed by atoms with E-state index in [4.69, 9.17) is 0 Å². The van der Waals surface area contributed by atoms with Gasteiger partial charge in [0.15, 0.2) is 5.84 Å². The quantitative estimate of drug-likeness (QED) is 0.588. The average Bonchev–Trinajstić information content (AvgIpc) is 2.54. The minimum atomic E-state index is 0.599. The van der Waals surface area contributed by atoms with Crippen molar-refractivity contribution in [1.29, 1.82) is 0 Å². The summed E-state index contributed by atoms with van der Waals surface area (Å²) in [5.74, 6) is 1.27. The van der Waals surface area contributed by atoms with Crippen molar-refractivity contribution in [2.45, 2.75) is 6.92 Å². The molecule has 0 amide bonds. The highest BCUT2D eigenvalue weighted by Gasteiger charge is 2.11. The van der Waals surface area contributed by atoms with Crippen molar-refractivity contribution in [3.05, 3.63) is 24.0 Å². The zero-order valence-corrected chi connectivity index (χ0v) is 6.47. The van der Waals surface area contributed by atoms with E-state index in [1.54, 1.807) is 25.4 Å². The predicted molar refractivity (Wildman–Crippen MR) is 43.8 cm³/mol. The fraction of sp³-hybridized carbons (Fsp3) is 0.143. The minimum Gasteiger partial charge on any atom is -0.210 e. The molecule has 0 fully saturated rings. The Hall–Kier alpha value is -1.78. The third kappa shape index (κ3) is 1.16. The minimum absolute atomic E-state index is 0.599. The molecule has 0 saturated heterocycles. The highest BCUT2D eigenvalue weighted by atomic mass is 15.3. The molecule has 1 aromatic rings. The lowest BCUT2D eigenvalue weighted by molar-refractivity contribution is 1.02. The number of aromatic nitrogens is 2. The molecule has 0 aromatic carbocycles. The first-order chi connectivity index (χ1) is 5.86. The van der Waals surface area contributed by atoms with E-state index in [0.717, 1.165) is 5.56 Å². The van der Waals surface area contributed by atoms with Gasteiger partial charge in [0.05, 0.1) is 12.4 Å². The predicted octanol–water partition coefficient (Wildman–Crippen LogP) is 0.175. The number of amidine groups is 2. The molecule has 2 rings (SSSR count). The summed E-state index contributed by atoms with van der Waals surface area (Å²) in [7, 11) is 0. The second-order valence-corrected chi connectivity index (χ2v) is 2.31. The number of nitrogens with zero attached hydrogens (tertiary/aromatic N) is 5. The van der Waals surface area contributed by atoms with Gasteiger partial charge < -0.3 is 0 Å². The molecular formula is C7H6N5. The molecule has 5 nitrogen and oxygen atoms in total. The molecule has 2 heterocycles. The van der Waals surface area contributed by atoms with Gasteiger partial charge in [-0.2, -0.15) is 10.2 Å². The molecular weight excluding hydrogens is 154 g/mol. The highest BCUT2D eigenvalue weighted by molar-refractivity contribution is 6.10. The molecule has 1 aliphatic heterocycles. The van der Waals surface area contributed by atoms with Gasteiger partial charge in [0.25, 0.3) is 0 Å². The Bertz CT molecular complexity index is 340. The van der Waals surface area contributed by atoms with E-state index < -0.39 is 0 Å². The van der Waals surface area contributed by atoms with E-state index in [9.17, 15) is 0 Å². The maximum atomic E-state index is 4.09. The van der Waals surface area contributed by atoms with Crippen molar-refractivity contribution in [3.8, 4) is 0 Å². The Morgan fingerprint density at radius 1 is 1.17 bits per heavy atom. The van der Waals surface area contributed by atoms with Gasteiger partial charge in [0.1, 0.15) is 5.84 Å². The highest BCUT2D eigenvalue weighted by Crippen LogP contribution is 2.01. The maximum Gasteiger partial charge on any atom is 0.185 e. The molecule has 1 aliphatic rings. The first-order valence-corrected chi connectivity index (χ1v) is 3.47. The Kier molecular flexibility index (Phi) is 1.55. The van der Waals surface area contributed by atoms with Gasteiger partial charge in [-0.3, -0.25) is 0 Å². The van der Waals surface area contributed by atoms with Crippen LogP contribution in [0.3, 0.4) is 0 Å². The Morgan fingerprint density at radius 2 is 2.08 bits per heavy atom. The lowest BCUT2D eigenvalue weighted by Crippen LogP contribution is -2.16. The molecule has 0 spiro atoms. The second kappa shape index (κ2) is 2.69. The lowest BCUT2D eigenvalue weighted by Gasteiger charge is -1.95. The molecule has 1 aromatic heterocycles. The molecule has 0 bridgehead atoms. The topological polar surface area (TPSA) is 64.6 Å². The Labute approximate surface area is 69.2 Å². The maximum absolute atomic E-state index is 4.09. The fourth-order valence-electron chi connectivity index (χ4n) is 0.863. The van der Waals surface area contributed by atoms with Gasteiger partial charge in [-0.1, -0.05) is 0 Å². The summed E-state index contributed by atoms with van der Waals surface area (Å²) in [6, 6.07) is 1.80. The fourth-order valence-corrected chi connectivity index (χ4v) is 0.863. The van der Waals surface area contributed by atoms with Crippen molar-refractivity contribution < 1.29 is 0 Å². The first kappa shape index (κ1) is 6.90. The van der Waals surface area contributed by atoms with E-state index in [-0.39, 0.29) is 0 Å². The van der Waals surface area contributed by atoms with E-state index >= 15 is 0 Å². The normalized spacial score (nSPS) is 15.1. The van der Waals surface area contributed by atoms with Crippen LogP contribution in [0.4, 0.5) is 0 Å². The van der Waals surface area contributed by atoms with Gasteiger partial charge in [0.2, 0.25) is 0 Å². The van der Waals surface area contributed by atoms with Gasteiger partial charge in [-0.05, 0) is 13.0 Å². The summed E-state index contributed by atoms with van der Waals surface area (Å²) in [4.78, 5) is 0. The van der Waals surface area contributed by atoms with Crippen LogP contribution in [0.15, 0.2) is 28.7 Å². The summed E-state index contributed by atoms with van der Waals surface area (Å²) in [5, 5.41) is 19.1. The molecule has 5 heteroatoms. The summed E-state index contributed by atoms with van der Waals surface area (Å²) < 4.78 is 0.